The maximum Gasteiger partial charge on any atom is 1.00 e. The van der Waals surface area contributed by atoms with Gasteiger partial charge in [-0.1, -0.05) is 31.1 Å². The normalized spacial score (nSPS) is 19.0. The molecule has 0 saturated carbocycles. The molecule has 1 unspecified atom stereocenters. The van der Waals surface area contributed by atoms with Crippen molar-refractivity contribution in [1.29, 1.82) is 0 Å². The maximum atomic E-state index is 12.4. The number of carbonyl (C=O) groups excluding carboxylic acids is 3. The molecular weight excluding hydrogens is 976 g/mol. The van der Waals surface area contributed by atoms with Gasteiger partial charge in [0.15, 0.2) is 5.71 Å². The minimum atomic E-state index is -4.92. The number of rotatable bonds is 20. The molecule has 66 heavy (non-hydrogen) atoms. The van der Waals surface area contributed by atoms with E-state index in [9.17, 15) is 66.3 Å². The van der Waals surface area contributed by atoms with Gasteiger partial charge in [-0.25, -0.2) is 38.5 Å². The van der Waals surface area contributed by atoms with Gasteiger partial charge in [0.1, 0.15) is 26.8 Å². The predicted octanol–water partition coefficient (Wildman–Crippen LogP) is -5.91. The summed E-state index contributed by atoms with van der Waals surface area (Å²) in [5, 5.41) is 0.459. The van der Waals surface area contributed by atoms with Crippen molar-refractivity contribution < 1.29 is 164 Å². The van der Waals surface area contributed by atoms with Crippen molar-refractivity contribution in [3.63, 3.8) is 0 Å². The summed E-state index contributed by atoms with van der Waals surface area (Å²) < 4.78 is 143. The molecule has 1 saturated heterocycles. The quantitative estimate of drug-likeness (QED) is 0.0298. The van der Waals surface area contributed by atoms with E-state index in [1.807, 2.05) is 0 Å². The number of carbonyl (C=O) groups is 3. The van der Waals surface area contributed by atoms with Crippen LogP contribution in [0, 0.1) is 0 Å². The third-order valence-corrected chi connectivity index (χ3v) is 14.4. The minimum absolute atomic E-state index is 0. The standard InChI is InChI=1S/C40H49N3O16S4.3Na/c1-39(2)30-26-28(62(53,54)55)15-17-32(30)41(22-10-24-60(47,48)49)34(39)12-6-4-7-13-35-40(3,21-9-5-8-14-38(46)59-43-36(44)19-20-37(43)45)31-27-29(63(56,57)58)16-18-33(31)42(35)23-11-25-61(50,51)52;;;/h4,6-7,12-13,15-18,26-27H,5,8-11,14,19-25H2,1-3H3,(H3-,47,48,49,50,51,52,53,54,55,56,57,58);;;/q;3*+1/p-3. The number of unbranched alkanes of at least 4 members (excludes halogenated alkanes) is 2. The van der Waals surface area contributed by atoms with Crippen LogP contribution in [-0.4, -0.2) is 110 Å². The van der Waals surface area contributed by atoms with Gasteiger partial charge in [-0.05, 0) is 82.0 Å². The fraction of sp³-hybridized carbons (Fsp3) is 0.450. The van der Waals surface area contributed by atoms with E-state index in [1.165, 1.54) is 24.3 Å². The summed E-state index contributed by atoms with van der Waals surface area (Å²) in [4.78, 5) is 41.8. The van der Waals surface area contributed by atoms with Gasteiger partial charge in [0.2, 0.25) is 5.69 Å². The number of hydroxylamine groups is 2. The van der Waals surface area contributed by atoms with Crippen LogP contribution in [0.25, 0.3) is 0 Å². The first-order valence-corrected chi connectivity index (χ1v) is 25.7. The van der Waals surface area contributed by atoms with Crippen LogP contribution in [-0.2, 0) is 70.5 Å². The molecule has 19 nitrogen and oxygen atoms in total. The van der Waals surface area contributed by atoms with Crippen LogP contribution in [0.2, 0.25) is 0 Å². The Morgan fingerprint density at radius 1 is 0.727 bits per heavy atom. The average Bonchev–Trinajstić information content (AvgIpc) is 3.68. The minimum Gasteiger partial charge on any atom is -0.748 e. The number of fused-ring (bicyclic) bond motifs is 2. The number of nitrogens with zero attached hydrogens (tertiary/aromatic N) is 3. The average molecular weight is 1020 g/mol. The number of hydrogen-bond acceptors (Lipinski definition) is 17. The van der Waals surface area contributed by atoms with E-state index in [-0.39, 0.29) is 134 Å². The second-order valence-electron chi connectivity index (χ2n) is 16.0. The third-order valence-electron chi connectivity index (χ3n) is 11.2. The van der Waals surface area contributed by atoms with Crippen LogP contribution in [0.3, 0.4) is 0 Å². The van der Waals surface area contributed by atoms with E-state index in [0.717, 1.165) is 12.1 Å². The molecule has 3 aliphatic heterocycles. The number of benzene rings is 2. The summed E-state index contributed by atoms with van der Waals surface area (Å²) in [6.45, 7) is 5.41. The molecule has 26 heteroatoms. The van der Waals surface area contributed by atoms with Crippen LogP contribution in [0.5, 0.6) is 0 Å². The van der Waals surface area contributed by atoms with Crippen molar-refractivity contribution in [3.8, 4) is 0 Å². The molecule has 1 atom stereocenters. The van der Waals surface area contributed by atoms with Crippen molar-refractivity contribution in [2.75, 3.05) is 29.5 Å². The summed E-state index contributed by atoms with van der Waals surface area (Å²) in [6.07, 6.45) is 9.35. The summed E-state index contributed by atoms with van der Waals surface area (Å²) >= 11 is 0. The van der Waals surface area contributed by atoms with Crippen molar-refractivity contribution in [2.45, 2.75) is 99.2 Å². The Labute approximate surface area is 452 Å². The maximum absolute atomic E-state index is 12.4. The Kier molecular flexibility index (Phi) is 22.0. The Morgan fingerprint density at radius 3 is 1.86 bits per heavy atom. The van der Waals surface area contributed by atoms with Crippen molar-refractivity contribution >= 4 is 75.3 Å². The second-order valence-corrected chi connectivity index (χ2v) is 21.9. The number of hydrogen-bond donors (Lipinski definition) is 0. The predicted molar refractivity (Wildman–Crippen MR) is 221 cm³/mol. The molecule has 0 aromatic heterocycles. The number of amides is 2. The second kappa shape index (κ2) is 24.0. The third kappa shape index (κ3) is 15.2. The van der Waals surface area contributed by atoms with Crippen LogP contribution in [0.15, 0.2) is 82.3 Å². The molecule has 3 heterocycles. The SMILES string of the molecule is CC1(C)C(/C=C/C=C/C=C2/N(CCCS(=O)(=O)[O-])c3ccc(S(=O)(=O)[O-])cc3C2(C)CCCCCC(=O)ON2C(=O)CCC2=O)=[N+](CCCS(=O)(=O)[O-])c2ccc(S(=O)(=O)[O-])cc21.[Na+].[Na+].[Na+]. The zero-order valence-corrected chi connectivity index (χ0v) is 46.8. The zero-order chi connectivity index (χ0) is 46.8. The molecule has 2 aromatic rings. The molecule has 0 spiro atoms. The van der Waals surface area contributed by atoms with Gasteiger partial charge in [-0.15, -0.1) is 5.06 Å². The van der Waals surface area contributed by atoms with Crippen molar-refractivity contribution in [2.24, 2.45) is 0 Å². The van der Waals surface area contributed by atoms with Crippen molar-refractivity contribution in [3.05, 3.63) is 83.6 Å². The molecule has 1 fully saturated rings. The van der Waals surface area contributed by atoms with Crippen LogP contribution in [0.1, 0.15) is 89.7 Å². The summed E-state index contributed by atoms with van der Waals surface area (Å²) in [5.41, 5.74) is 1.04. The van der Waals surface area contributed by atoms with E-state index >= 15 is 0 Å². The van der Waals surface area contributed by atoms with Crippen LogP contribution in [0.4, 0.5) is 11.4 Å². The van der Waals surface area contributed by atoms with Crippen LogP contribution < -0.4 is 93.6 Å². The molecule has 0 bridgehead atoms. The van der Waals surface area contributed by atoms with E-state index in [4.69, 9.17) is 4.84 Å². The van der Waals surface area contributed by atoms with Gasteiger partial charge in [0.05, 0.1) is 35.4 Å². The Bertz CT molecular complexity index is 2760. The smallest absolute Gasteiger partial charge is 0.748 e. The Balaban J connectivity index is 0.00000499. The topological polar surface area (TPSA) is 299 Å². The van der Waals surface area contributed by atoms with Gasteiger partial charge in [0.25, 0.3) is 11.8 Å². The molecule has 2 aromatic carbocycles. The Hall–Kier alpha value is -1.62. The van der Waals surface area contributed by atoms with E-state index in [0.29, 0.717) is 64.7 Å². The molecule has 0 aliphatic carbocycles. The van der Waals surface area contributed by atoms with E-state index in [2.05, 4.69) is 0 Å². The molecular formula is C40H46N3Na3O16S4. The molecule has 344 valence electrons. The van der Waals surface area contributed by atoms with E-state index < -0.39 is 90.4 Å². The molecule has 2 amide bonds. The first kappa shape index (κ1) is 60.5. The van der Waals surface area contributed by atoms with Gasteiger partial charge < -0.3 is 27.9 Å². The molecule has 5 rings (SSSR count). The summed E-state index contributed by atoms with van der Waals surface area (Å²) in [6, 6.07) is 7.66. The zero-order valence-electron chi connectivity index (χ0n) is 37.5. The van der Waals surface area contributed by atoms with Crippen molar-refractivity contribution in [1.82, 2.24) is 5.06 Å². The first-order valence-electron chi connectivity index (χ1n) is 19.8. The number of imide groups is 1. The summed E-state index contributed by atoms with van der Waals surface area (Å²) in [5.74, 6) is -3.36. The van der Waals surface area contributed by atoms with Gasteiger partial charge in [-0.2, -0.15) is 4.58 Å². The largest absolute Gasteiger partial charge is 1.00 e. The fourth-order valence-electron chi connectivity index (χ4n) is 8.13. The molecule has 0 radical (unpaired) electrons. The Morgan fingerprint density at radius 2 is 1.29 bits per heavy atom. The number of anilines is 1. The van der Waals surface area contributed by atoms with E-state index in [1.54, 1.807) is 60.6 Å². The van der Waals surface area contributed by atoms with Gasteiger partial charge in [0, 0.05) is 78.2 Å². The van der Waals surface area contributed by atoms with Gasteiger partial charge in [-0.3, -0.25) is 9.59 Å². The first-order chi connectivity index (χ1) is 29.1. The molecule has 3 aliphatic rings. The fourth-order valence-corrected chi connectivity index (χ4v) is 10.1. The number of allylic oxidation sites excluding steroid dienone is 6. The monoisotopic (exact) mass is 1020 g/mol. The van der Waals surface area contributed by atoms with Crippen LogP contribution >= 0.6 is 0 Å². The molecule has 0 N–H and O–H groups in total. The van der Waals surface area contributed by atoms with Gasteiger partial charge >= 0.3 is 94.6 Å². The summed E-state index contributed by atoms with van der Waals surface area (Å²) in [7, 11) is -18.9.